The van der Waals surface area contributed by atoms with Gasteiger partial charge in [0.2, 0.25) is 0 Å². The van der Waals surface area contributed by atoms with Crippen molar-refractivity contribution in [2.75, 3.05) is 0 Å². The van der Waals surface area contributed by atoms with Crippen LogP contribution in [0.4, 0.5) is 10.1 Å². The minimum absolute atomic E-state index is 0.0396. The van der Waals surface area contributed by atoms with Crippen molar-refractivity contribution in [3.05, 3.63) is 53.0 Å². The Bertz CT molecular complexity index is 633. The summed E-state index contributed by atoms with van der Waals surface area (Å²) >= 11 is 8.70. The lowest BCUT2D eigenvalue weighted by atomic mass is 10.0. The molecule has 24 heavy (non-hydrogen) atoms. The third-order valence-corrected chi connectivity index (χ3v) is 3.85. The van der Waals surface area contributed by atoms with Gasteiger partial charge in [0.05, 0.1) is 10.4 Å². The second-order valence-corrected chi connectivity index (χ2v) is 6.19. The van der Waals surface area contributed by atoms with Gasteiger partial charge < -0.3 is 0 Å². The second kappa shape index (κ2) is 12.1. The van der Waals surface area contributed by atoms with Crippen LogP contribution >= 0.6 is 27.5 Å². The highest BCUT2D eigenvalue weighted by Gasteiger charge is 2.24. The Morgan fingerprint density at radius 3 is 2.62 bits per heavy atom. The Balaban J connectivity index is 0.00000163. The first-order valence-electron chi connectivity index (χ1n) is 7.29. The molecule has 0 saturated heterocycles. The number of nitrogens with two attached hydrogens (primary N) is 1. The predicted octanol–water partition coefficient (Wildman–Crippen LogP) is 4.50. The number of ketones is 1. The zero-order valence-electron chi connectivity index (χ0n) is 13.9. The molecule has 0 bridgehead atoms. The number of alkyl halides is 1. The minimum Gasteiger partial charge on any atom is -0.292 e. The van der Waals surface area contributed by atoms with E-state index in [1.165, 1.54) is 30.8 Å². The number of nitrogens with zero attached hydrogens (tertiary/aromatic N) is 1. The summed E-state index contributed by atoms with van der Waals surface area (Å²) in [5, 5.41) is 9.02. The molecular formula is C17H22BrClFN2O2+. The van der Waals surface area contributed by atoms with Gasteiger partial charge in [-0.3, -0.25) is 4.79 Å². The van der Waals surface area contributed by atoms with Gasteiger partial charge in [0.25, 0.3) is 0 Å². The number of hydrogen-bond donors (Lipinski definition) is 2. The largest absolute Gasteiger partial charge is 0.292 e. The molecule has 1 aromatic rings. The fourth-order valence-electron chi connectivity index (χ4n) is 1.50. The Kier molecular flexibility index (Phi) is 11.4. The van der Waals surface area contributed by atoms with Crippen LogP contribution in [0.25, 0.3) is 0 Å². The van der Waals surface area contributed by atoms with Gasteiger partial charge in [-0.25, -0.2) is 10.2 Å². The zero-order valence-corrected chi connectivity index (χ0v) is 16.2. The first-order chi connectivity index (χ1) is 11.3. The number of carbonyl (C=O) groups is 1. The van der Waals surface area contributed by atoms with E-state index in [0.717, 1.165) is 0 Å². The van der Waals surface area contributed by atoms with Crippen LogP contribution in [0.15, 0.2) is 46.6 Å². The van der Waals surface area contributed by atoms with Gasteiger partial charge in [0.15, 0.2) is 17.3 Å². The molecule has 7 heteroatoms. The number of hydrogen-bond acceptors (Lipinski definition) is 3. The van der Waals surface area contributed by atoms with Gasteiger partial charge in [-0.05, 0) is 19.1 Å². The van der Waals surface area contributed by atoms with Crippen LogP contribution < -0.4 is 5.48 Å². The van der Waals surface area contributed by atoms with Crippen molar-refractivity contribution in [1.29, 1.82) is 0 Å². The Labute approximate surface area is 155 Å². The lowest BCUT2D eigenvalue weighted by Crippen LogP contribution is -2.74. The number of quaternary nitrogens is 1. The molecule has 3 N–H and O–H groups in total. The number of aliphatic imine (C=N–C) groups is 1. The lowest BCUT2D eigenvalue weighted by molar-refractivity contribution is -0.826. The van der Waals surface area contributed by atoms with E-state index < -0.39 is 16.4 Å². The van der Waals surface area contributed by atoms with Crippen LogP contribution in [-0.4, -0.2) is 22.0 Å². The molecule has 0 fully saturated rings. The molecule has 0 amide bonds. The maximum atomic E-state index is 14.0. The van der Waals surface area contributed by atoms with Gasteiger partial charge in [-0.2, -0.15) is 9.87 Å². The third-order valence-electron chi connectivity index (χ3n) is 2.62. The summed E-state index contributed by atoms with van der Waals surface area (Å²) in [5.41, 5.74) is 1.10. The molecule has 0 saturated carbocycles. The summed E-state index contributed by atoms with van der Waals surface area (Å²) in [5.74, 6) is -1.21. The standard InChI is InChI=1S/C14H13BrClFN2O2.C3H8/c1-8(6-7-18-9(2)16)12(15)14(20)10-4-3-5-11(19-21)13(10)17;1-3-2/h3-7,12,19,21H,2H2,1H3;3H2,1-2H3/p+1/b8-6+,18-7-;. The maximum Gasteiger partial charge on any atom is 0.198 e. The molecule has 0 spiro atoms. The highest BCUT2D eigenvalue weighted by atomic mass is 79.9. The van der Waals surface area contributed by atoms with Gasteiger partial charge in [0.1, 0.15) is 5.16 Å². The molecule has 1 atom stereocenters. The highest BCUT2D eigenvalue weighted by Crippen LogP contribution is 2.22. The zero-order chi connectivity index (χ0) is 18.7. The van der Waals surface area contributed by atoms with Crippen LogP contribution in [0.3, 0.4) is 0 Å². The number of benzene rings is 1. The first kappa shape index (κ1) is 22.7. The third kappa shape index (κ3) is 7.49. The van der Waals surface area contributed by atoms with Gasteiger partial charge in [-0.1, -0.05) is 66.0 Å². The summed E-state index contributed by atoms with van der Waals surface area (Å²) < 4.78 is 14.0. The van der Waals surface area contributed by atoms with Crippen LogP contribution in [0.2, 0.25) is 0 Å². The van der Waals surface area contributed by atoms with Crippen LogP contribution in [-0.2, 0) is 0 Å². The molecule has 132 valence electrons. The van der Waals surface area contributed by atoms with Crippen molar-refractivity contribution in [2.24, 2.45) is 4.99 Å². The van der Waals surface area contributed by atoms with Gasteiger partial charge in [-0.15, -0.1) is 0 Å². The summed E-state index contributed by atoms with van der Waals surface area (Å²) in [7, 11) is 0. The summed E-state index contributed by atoms with van der Waals surface area (Å²) in [6.07, 6.45) is 4.23. The average molecular weight is 421 g/mol. The van der Waals surface area contributed by atoms with E-state index in [9.17, 15) is 9.18 Å². The van der Waals surface area contributed by atoms with Crippen molar-refractivity contribution in [3.8, 4) is 0 Å². The highest BCUT2D eigenvalue weighted by molar-refractivity contribution is 9.10. The number of allylic oxidation sites excluding steroid dienone is 2. The smallest absolute Gasteiger partial charge is 0.198 e. The van der Waals surface area contributed by atoms with Crippen molar-refractivity contribution in [2.45, 2.75) is 32.0 Å². The molecule has 0 heterocycles. The van der Waals surface area contributed by atoms with E-state index in [0.29, 0.717) is 11.1 Å². The monoisotopic (exact) mass is 419 g/mol. The van der Waals surface area contributed by atoms with E-state index in [4.69, 9.17) is 16.8 Å². The van der Waals surface area contributed by atoms with Crippen LogP contribution in [0.5, 0.6) is 0 Å². The van der Waals surface area contributed by atoms with Gasteiger partial charge >= 0.3 is 0 Å². The van der Waals surface area contributed by atoms with Gasteiger partial charge in [0, 0.05) is 12.3 Å². The van der Waals surface area contributed by atoms with Crippen molar-refractivity contribution < 1.29 is 19.9 Å². The minimum atomic E-state index is -0.759. The van der Waals surface area contributed by atoms with Crippen LogP contribution in [0.1, 0.15) is 37.6 Å². The molecule has 4 nitrogen and oxygen atoms in total. The van der Waals surface area contributed by atoms with Crippen molar-refractivity contribution >= 4 is 45.2 Å². The van der Waals surface area contributed by atoms with E-state index in [1.54, 1.807) is 13.0 Å². The van der Waals surface area contributed by atoms with Crippen LogP contribution in [0, 0.1) is 5.82 Å². The quantitative estimate of drug-likeness (QED) is 0.178. The Hall–Kier alpha value is -1.34. The lowest BCUT2D eigenvalue weighted by Gasteiger charge is -2.10. The summed E-state index contributed by atoms with van der Waals surface area (Å²) in [6, 6.07) is 4.23. The summed E-state index contributed by atoms with van der Waals surface area (Å²) in [4.78, 5) is 15.3. The second-order valence-electron chi connectivity index (χ2n) is 4.84. The number of halogens is 3. The van der Waals surface area contributed by atoms with E-state index in [2.05, 4.69) is 41.3 Å². The summed E-state index contributed by atoms with van der Waals surface area (Å²) in [6.45, 7) is 9.34. The molecular weight excluding hydrogens is 399 g/mol. The Morgan fingerprint density at radius 1 is 1.54 bits per heavy atom. The number of Topliss-reactive ketones (excluding diaryl/α,β-unsaturated/α-hetero) is 1. The SMILES string of the molecule is C=C(Cl)/N=C\C=C(/C)C(Br)C(=O)c1cccc([NH2+]O)c1F.CCC. The maximum absolute atomic E-state index is 14.0. The number of rotatable bonds is 6. The molecule has 1 rings (SSSR count). The van der Waals surface area contributed by atoms with Crippen molar-refractivity contribution in [3.63, 3.8) is 0 Å². The molecule has 1 unspecified atom stereocenters. The van der Waals surface area contributed by atoms with E-state index >= 15 is 0 Å². The first-order valence-corrected chi connectivity index (χ1v) is 8.58. The van der Waals surface area contributed by atoms with E-state index in [-0.39, 0.29) is 16.4 Å². The normalized spacial score (nSPS) is 12.5. The molecule has 0 aliphatic heterocycles. The Morgan fingerprint density at radius 2 is 2.12 bits per heavy atom. The molecule has 1 aromatic carbocycles. The van der Waals surface area contributed by atoms with E-state index in [1.807, 2.05) is 0 Å². The predicted molar refractivity (Wildman–Crippen MR) is 100 cm³/mol. The molecule has 0 aliphatic carbocycles. The number of carbonyl (C=O) groups excluding carboxylic acids is 1. The molecule has 0 radical (unpaired) electrons. The fourth-order valence-corrected chi connectivity index (χ4v) is 1.96. The van der Waals surface area contributed by atoms with Crippen molar-refractivity contribution in [1.82, 2.24) is 0 Å². The average Bonchev–Trinajstić information content (AvgIpc) is 2.54. The molecule has 0 aliphatic rings. The topological polar surface area (TPSA) is 66.3 Å². The fraction of sp³-hybridized carbons (Fsp3) is 0.294. The molecule has 0 aromatic heterocycles.